The average Bonchev–Trinajstić information content (AvgIpc) is 2.67. The molecular formula is C20H22BrN3O4S. The van der Waals surface area contributed by atoms with Crippen LogP contribution < -0.4 is 25.6 Å². The second kappa shape index (κ2) is 10.8. The van der Waals surface area contributed by atoms with Crippen LogP contribution in [0.2, 0.25) is 0 Å². The summed E-state index contributed by atoms with van der Waals surface area (Å²) in [6.45, 7) is 5.85. The average molecular weight is 480 g/mol. The Labute approximate surface area is 183 Å². The fourth-order valence-electron chi connectivity index (χ4n) is 2.49. The normalized spacial score (nSPS) is 10.1. The molecule has 2 amide bonds. The maximum absolute atomic E-state index is 12.5. The Balaban J connectivity index is 1.86. The topological polar surface area (TPSA) is 88.7 Å². The summed E-state index contributed by atoms with van der Waals surface area (Å²) >= 11 is 8.38. The molecule has 0 atom stereocenters. The highest BCUT2D eigenvalue weighted by atomic mass is 79.9. The summed E-state index contributed by atoms with van der Waals surface area (Å²) in [7, 11) is 0. The van der Waals surface area contributed by atoms with Crippen LogP contribution in [0.3, 0.4) is 0 Å². The third-order valence-electron chi connectivity index (χ3n) is 3.78. The number of carbonyl (C=O) groups is 2. The van der Waals surface area contributed by atoms with Crippen molar-refractivity contribution in [2.24, 2.45) is 0 Å². The molecule has 0 aliphatic rings. The zero-order valence-electron chi connectivity index (χ0n) is 16.3. The summed E-state index contributed by atoms with van der Waals surface area (Å²) in [6.07, 6.45) is 0. The zero-order chi connectivity index (χ0) is 21.4. The zero-order valence-corrected chi connectivity index (χ0v) is 18.7. The molecule has 0 bridgehead atoms. The van der Waals surface area contributed by atoms with Gasteiger partial charge in [0.25, 0.3) is 11.8 Å². The van der Waals surface area contributed by atoms with E-state index < -0.39 is 11.8 Å². The number of halogens is 1. The van der Waals surface area contributed by atoms with Crippen molar-refractivity contribution in [2.75, 3.05) is 13.2 Å². The van der Waals surface area contributed by atoms with Crippen LogP contribution in [-0.4, -0.2) is 30.1 Å². The van der Waals surface area contributed by atoms with Gasteiger partial charge in [0.05, 0.1) is 12.2 Å². The third kappa shape index (κ3) is 6.72. The van der Waals surface area contributed by atoms with E-state index in [0.717, 1.165) is 15.6 Å². The lowest BCUT2D eigenvalue weighted by atomic mass is 10.1. The van der Waals surface area contributed by atoms with E-state index in [9.17, 15) is 9.59 Å². The molecule has 0 fully saturated rings. The molecule has 0 radical (unpaired) electrons. The maximum Gasteiger partial charge on any atom is 0.276 e. The number of amides is 2. The number of carbonyl (C=O) groups excluding carboxylic acids is 2. The van der Waals surface area contributed by atoms with E-state index in [1.165, 1.54) is 0 Å². The molecule has 2 aromatic carbocycles. The molecule has 0 aliphatic carbocycles. The van der Waals surface area contributed by atoms with Crippen molar-refractivity contribution >= 4 is 45.1 Å². The predicted octanol–water partition coefficient (Wildman–Crippen LogP) is 3.18. The van der Waals surface area contributed by atoms with E-state index in [4.69, 9.17) is 21.7 Å². The molecule has 3 N–H and O–H groups in total. The number of benzene rings is 2. The highest BCUT2D eigenvalue weighted by Crippen LogP contribution is 2.23. The Morgan fingerprint density at radius 2 is 1.76 bits per heavy atom. The Morgan fingerprint density at radius 3 is 2.41 bits per heavy atom. The maximum atomic E-state index is 12.5. The van der Waals surface area contributed by atoms with Gasteiger partial charge in [0.1, 0.15) is 11.5 Å². The van der Waals surface area contributed by atoms with Crippen LogP contribution in [0.4, 0.5) is 0 Å². The summed E-state index contributed by atoms with van der Waals surface area (Å²) < 4.78 is 11.7. The molecule has 0 saturated heterocycles. The number of nitrogens with one attached hydrogen (secondary N) is 3. The SMILES string of the molecule is CCOc1ccc(Br)cc1C(=O)NC(=S)NNC(=O)COc1c(C)cccc1C. The van der Waals surface area contributed by atoms with E-state index in [0.29, 0.717) is 23.7 Å². The number of para-hydroxylation sites is 1. The van der Waals surface area contributed by atoms with Crippen LogP contribution in [0.25, 0.3) is 0 Å². The molecule has 29 heavy (non-hydrogen) atoms. The van der Waals surface area contributed by atoms with Gasteiger partial charge in [0.2, 0.25) is 0 Å². The van der Waals surface area contributed by atoms with Crippen LogP contribution in [0.5, 0.6) is 11.5 Å². The Hall–Kier alpha value is -2.65. The lowest BCUT2D eigenvalue weighted by Gasteiger charge is -2.14. The fraction of sp³-hybridized carbons (Fsp3) is 0.250. The van der Waals surface area contributed by atoms with Gasteiger partial charge in [-0.25, -0.2) is 0 Å². The molecule has 9 heteroatoms. The number of hydrogen-bond acceptors (Lipinski definition) is 5. The van der Waals surface area contributed by atoms with E-state index in [1.807, 2.05) is 39.0 Å². The second-order valence-electron chi connectivity index (χ2n) is 6.04. The van der Waals surface area contributed by atoms with Gasteiger partial charge in [0, 0.05) is 4.47 Å². The van der Waals surface area contributed by atoms with Crippen LogP contribution in [0.1, 0.15) is 28.4 Å². The van der Waals surface area contributed by atoms with Gasteiger partial charge in [-0.3, -0.25) is 25.8 Å². The second-order valence-corrected chi connectivity index (χ2v) is 7.36. The first kappa shape index (κ1) is 22.6. The van der Waals surface area contributed by atoms with Crippen molar-refractivity contribution in [3.63, 3.8) is 0 Å². The molecule has 0 unspecified atom stereocenters. The van der Waals surface area contributed by atoms with Gasteiger partial charge in [0.15, 0.2) is 11.7 Å². The van der Waals surface area contributed by atoms with Gasteiger partial charge in [-0.15, -0.1) is 0 Å². The Morgan fingerprint density at radius 1 is 1.07 bits per heavy atom. The molecule has 0 spiro atoms. The van der Waals surface area contributed by atoms with Crippen molar-refractivity contribution in [2.45, 2.75) is 20.8 Å². The summed E-state index contributed by atoms with van der Waals surface area (Å²) in [6, 6.07) is 10.8. The molecule has 7 nitrogen and oxygen atoms in total. The van der Waals surface area contributed by atoms with Gasteiger partial charge >= 0.3 is 0 Å². The molecule has 154 valence electrons. The minimum absolute atomic E-state index is 0.0575. The standard InChI is InChI=1S/C20H22BrN3O4S/c1-4-27-16-9-8-14(21)10-15(16)19(26)22-20(29)24-23-17(25)11-28-18-12(2)6-5-7-13(18)3/h5-10H,4,11H2,1-3H3,(H,23,25)(H2,22,24,26,29). The molecular weight excluding hydrogens is 458 g/mol. The third-order valence-corrected chi connectivity index (χ3v) is 4.48. The first-order valence-corrected chi connectivity index (χ1v) is 10.0. The predicted molar refractivity (Wildman–Crippen MR) is 118 cm³/mol. The highest BCUT2D eigenvalue weighted by Gasteiger charge is 2.15. The van der Waals surface area contributed by atoms with Gasteiger partial charge in [-0.05, 0) is 62.3 Å². The largest absolute Gasteiger partial charge is 0.493 e. The smallest absolute Gasteiger partial charge is 0.276 e. The highest BCUT2D eigenvalue weighted by molar-refractivity contribution is 9.10. The lowest BCUT2D eigenvalue weighted by molar-refractivity contribution is -0.123. The molecule has 0 aromatic heterocycles. The molecule has 0 heterocycles. The Kier molecular flexibility index (Phi) is 8.41. The van der Waals surface area contributed by atoms with Crippen molar-refractivity contribution in [1.82, 2.24) is 16.2 Å². The number of hydrogen-bond donors (Lipinski definition) is 3. The van der Waals surface area contributed by atoms with Crippen LogP contribution in [0.15, 0.2) is 40.9 Å². The summed E-state index contributed by atoms with van der Waals surface area (Å²) in [4.78, 5) is 24.4. The number of hydrazine groups is 1. The first-order valence-electron chi connectivity index (χ1n) is 8.83. The van der Waals surface area contributed by atoms with Crippen LogP contribution in [-0.2, 0) is 4.79 Å². The summed E-state index contributed by atoms with van der Waals surface area (Å²) in [5, 5.41) is 2.44. The number of rotatable bonds is 6. The van der Waals surface area contributed by atoms with E-state index in [-0.39, 0.29) is 11.7 Å². The Bertz CT molecular complexity index is 900. The number of thiocarbonyl (C=S) groups is 1. The molecule has 0 aliphatic heterocycles. The van der Waals surface area contributed by atoms with Crippen LogP contribution in [0, 0.1) is 13.8 Å². The summed E-state index contributed by atoms with van der Waals surface area (Å²) in [5.41, 5.74) is 7.06. The lowest BCUT2D eigenvalue weighted by Crippen LogP contribution is -2.49. The van der Waals surface area contributed by atoms with Crippen molar-refractivity contribution in [3.8, 4) is 11.5 Å². The minimum atomic E-state index is -0.465. The molecule has 2 rings (SSSR count). The minimum Gasteiger partial charge on any atom is -0.493 e. The molecule has 0 saturated carbocycles. The van der Waals surface area contributed by atoms with Crippen molar-refractivity contribution in [3.05, 3.63) is 57.6 Å². The van der Waals surface area contributed by atoms with Gasteiger partial charge < -0.3 is 9.47 Å². The summed E-state index contributed by atoms with van der Waals surface area (Å²) in [5.74, 6) is 0.189. The van der Waals surface area contributed by atoms with E-state index in [1.54, 1.807) is 18.2 Å². The molecule has 2 aromatic rings. The van der Waals surface area contributed by atoms with Gasteiger partial charge in [-0.1, -0.05) is 34.1 Å². The van der Waals surface area contributed by atoms with Crippen molar-refractivity contribution in [1.29, 1.82) is 0 Å². The fourth-order valence-corrected chi connectivity index (χ4v) is 2.99. The number of aryl methyl sites for hydroxylation is 2. The van der Waals surface area contributed by atoms with Crippen LogP contribution >= 0.6 is 28.1 Å². The van der Waals surface area contributed by atoms with E-state index >= 15 is 0 Å². The monoisotopic (exact) mass is 479 g/mol. The van der Waals surface area contributed by atoms with E-state index in [2.05, 4.69) is 32.1 Å². The number of ether oxygens (including phenoxy) is 2. The van der Waals surface area contributed by atoms with Crippen molar-refractivity contribution < 1.29 is 19.1 Å². The first-order chi connectivity index (χ1) is 13.8. The van der Waals surface area contributed by atoms with Gasteiger partial charge in [-0.2, -0.15) is 0 Å². The quantitative estimate of drug-likeness (QED) is 0.435.